The molecule has 1 amide bonds. The Bertz CT molecular complexity index is 691. The summed E-state index contributed by atoms with van der Waals surface area (Å²) in [6.07, 6.45) is 3.08. The lowest BCUT2D eigenvalue weighted by molar-refractivity contribution is 0.0646. The van der Waals surface area contributed by atoms with Gasteiger partial charge in [0.2, 0.25) is 0 Å². The second-order valence-corrected chi connectivity index (χ2v) is 6.73. The first kappa shape index (κ1) is 16.0. The molecule has 0 aromatic carbocycles. The molecule has 2 aromatic heterocycles. The van der Waals surface area contributed by atoms with E-state index in [0.29, 0.717) is 29.2 Å². The molecule has 2 unspecified atom stereocenters. The molecule has 0 spiro atoms. The zero-order valence-corrected chi connectivity index (χ0v) is 13.7. The zero-order valence-electron chi connectivity index (χ0n) is 12.9. The van der Waals surface area contributed by atoms with Gasteiger partial charge in [0.15, 0.2) is 5.78 Å². The summed E-state index contributed by atoms with van der Waals surface area (Å²) >= 11 is 1.30. The first-order valence-electron chi connectivity index (χ1n) is 7.68. The van der Waals surface area contributed by atoms with Crippen molar-refractivity contribution >= 4 is 23.0 Å². The molecule has 0 radical (unpaired) electrons. The first-order chi connectivity index (χ1) is 11.1. The molecule has 1 fully saturated rings. The third kappa shape index (κ3) is 3.38. The Hall–Kier alpha value is -1.92. The smallest absolute Gasteiger partial charge is 0.264 e. The number of carbonyl (C=O) groups excluding carboxylic acids is 2. The quantitative estimate of drug-likeness (QED) is 0.853. The van der Waals surface area contributed by atoms with Crippen LogP contribution in [0.2, 0.25) is 0 Å². The van der Waals surface area contributed by atoms with Gasteiger partial charge < -0.3 is 14.4 Å². The Morgan fingerprint density at radius 1 is 1.52 bits per heavy atom. The summed E-state index contributed by atoms with van der Waals surface area (Å²) in [5.74, 6) is 0.433. The molecule has 0 aliphatic carbocycles. The number of thiophene rings is 1. The number of likely N-dealkylation sites (tertiary alicyclic amines) is 1. The second kappa shape index (κ2) is 6.68. The average molecular weight is 333 g/mol. The number of furan rings is 1. The topological polar surface area (TPSA) is 70.8 Å². The van der Waals surface area contributed by atoms with E-state index in [0.717, 1.165) is 12.8 Å². The Balaban J connectivity index is 1.70. The number of aliphatic hydroxyl groups is 1. The van der Waals surface area contributed by atoms with Crippen molar-refractivity contribution in [2.24, 2.45) is 0 Å². The van der Waals surface area contributed by atoms with Crippen LogP contribution in [-0.2, 0) is 0 Å². The van der Waals surface area contributed by atoms with Gasteiger partial charge in [0.05, 0.1) is 11.1 Å². The highest BCUT2D eigenvalue weighted by Crippen LogP contribution is 2.30. The van der Waals surface area contributed by atoms with Crippen molar-refractivity contribution in [1.29, 1.82) is 0 Å². The molecular weight excluding hydrogens is 314 g/mol. The van der Waals surface area contributed by atoms with Crippen LogP contribution < -0.4 is 0 Å². The molecule has 1 aliphatic heterocycles. The van der Waals surface area contributed by atoms with Crippen molar-refractivity contribution in [3.8, 4) is 0 Å². The largest absolute Gasteiger partial charge is 0.467 e. The molecule has 3 rings (SSSR count). The summed E-state index contributed by atoms with van der Waals surface area (Å²) in [6, 6.07) is 5.13. The molecule has 0 bridgehead atoms. The molecular formula is C17H19NO4S. The third-order valence-electron chi connectivity index (χ3n) is 4.22. The SMILES string of the molecule is CC(=O)c1csc(C(=O)N2CCCC2CC(O)c2ccco2)c1. The molecule has 1 saturated heterocycles. The zero-order chi connectivity index (χ0) is 16.4. The van der Waals surface area contributed by atoms with E-state index in [1.807, 2.05) is 4.90 Å². The van der Waals surface area contributed by atoms with Gasteiger partial charge in [-0.3, -0.25) is 9.59 Å². The van der Waals surface area contributed by atoms with Gasteiger partial charge in [0, 0.05) is 30.0 Å². The molecule has 2 aromatic rings. The van der Waals surface area contributed by atoms with Crippen LogP contribution in [0, 0.1) is 0 Å². The highest BCUT2D eigenvalue weighted by atomic mass is 32.1. The molecule has 5 nitrogen and oxygen atoms in total. The predicted octanol–water partition coefficient (Wildman–Crippen LogP) is 3.27. The minimum Gasteiger partial charge on any atom is -0.467 e. The van der Waals surface area contributed by atoms with Gasteiger partial charge in [0.1, 0.15) is 11.9 Å². The molecule has 0 saturated carbocycles. The minimum atomic E-state index is -0.709. The number of nitrogens with zero attached hydrogens (tertiary/aromatic N) is 1. The fourth-order valence-corrected chi connectivity index (χ4v) is 3.88. The minimum absolute atomic E-state index is 0.00882. The van der Waals surface area contributed by atoms with E-state index in [9.17, 15) is 14.7 Å². The molecule has 2 atom stereocenters. The summed E-state index contributed by atoms with van der Waals surface area (Å²) in [7, 11) is 0. The predicted molar refractivity (Wildman–Crippen MR) is 86.7 cm³/mol. The van der Waals surface area contributed by atoms with Crippen molar-refractivity contribution in [2.45, 2.75) is 38.3 Å². The Kier molecular flexibility index (Phi) is 4.63. The standard InChI is InChI=1S/C17H19NO4S/c1-11(19)12-8-16(23-10-12)17(21)18-6-2-4-13(18)9-14(20)15-5-3-7-22-15/h3,5,7-8,10,13-14,20H,2,4,6,9H2,1H3. The highest BCUT2D eigenvalue weighted by molar-refractivity contribution is 7.12. The van der Waals surface area contributed by atoms with Crippen molar-refractivity contribution in [2.75, 3.05) is 6.54 Å². The number of hydrogen-bond donors (Lipinski definition) is 1. The van der Waals surface area contributed by atoms with E-state index >= 15 is 0 Å². The second-order valence-electron chi connectivity index (χ2n) is 5.82. The maximum Gasteiger partial charge on any atom is 0.264 e. The Morgan fingerprint density at radius 2 is 2.35 bits per heavy atom. The van der Waals surface area contributed by atoms with Gasteiger partial charge >= 0.3 is 0 Å². The monoisotopic (exact) mass is 333 g/mol. The lowest BCUT2D eigenvalue weighted by Crippen LogP contribution is -2.36. The normalized spacial score (nSPS) is 19.0. The average Bonchev–Trinajstić information content (AvgIpc) is 3.27. The number of rotatable bonds is 5. The molecule has 23 heavy (non-hydrogen) atoms. The fraction of sp³-hybridized carbons (Fsp3) is 0.412. The van der Waals surface area contributed by atoms with Crippen LogP contribution >= 0.6 is 11.3 Å². The van der Waals surface area contributed by atoms with E-state index in [2.05, 4.69) is 0 Å². The van der Waals surface area contributed by atoms with Crippen molar-refractivity contribution in [1.82, 2.24) is 4.90 Å². The summed E-state index contributed by atoms with van der Waals surface area (Å²) in [5, 5.41) is 12.0. The number of carbonyl (C=O) groups is 2. The van der Waals surface area contributed by atoms with Crippen LogP contribution in [0.25, 0.3) is 0 Å². The lowest BCUT2D eigenvalue weighted by Gasteiger charge is -2.25. The first-order valence-corrected chi connectivity index (χ1v) is 8.56. The summed E-state index contributed by atoms with van der Waals surface area (Å²) in [5.41, 5.74) is 0.574. The maximum absolute atomic E-state index is 12.7. The summed E-state index contributed by atoms with van der Waals surface area (Å²) in [4.78, 5) is 26.4. The third-order valence-corrected chi connectivity index (χ3v) is 5.14. The lowest BCUT2D eigenvalue weighted by atomic mass is 10.0. The van der Waals surface area contributed by atoms with E-state index in [4.69, 9.17) is 4.42 Å². The van der Waals surface area contributed by atoms with Gasteiger partial charge in [-0.1, -0.05) is 0 Å². The maximum atomic E-state index is 12.7. The molecule has 122 valence electrons. The van der Waals surface area contributed by atoms with Crippen LogP contribution in [0.4, 0.5) is 0 Å². The van der Waals surface area contributed by atoms with Crippen molar-refractivity contribution in [3.63, 3.8) is 0 Å². The van der Waals surface area contributed by atoms with E-state index in [1.54, 1.807) is 23.6 Å². The van der Waals surface area contributed by atoms with E-state index < -0.39 is 6.10 Å². The number of amides is 1. The molecule has 3 heterocycles. The summed E-state index contributed by atoms with van der Waals surface area (Å²) < 4.78 is 5.23. The van der Waals surface area contributed by atoms with Crippen LogP contribution in [0.1, 0.15) is 58.1 Å². The van der Waals surface area contributed by atoms with Crippen LogP contribution in [0.15, 0.2) is 34.3 Å². The van der Waals surface area contributed by atoms with Gasteiger partial charge in [0.25, 0.3) is 5.91 Å². The molecule has 1 N–H and O–H groups in total. The highest BCUT2D eigenvalue weighted by Gasteiger charge is 2.32. The fourth-order valence-electron chi connectivity index (χ4n) is 2.98. The Labute approximate surface area is 138 Å². The number of hydrogen-bond acceptors (Lipinski definition) is 5. The van der Waals surface area contributed by atoms with Crippen LogP contribution in [0.5, 0.6) is 0 Å². The van der Waals surface area contributed by atoms with Crippen molar-refractivity contribution < 1.29 is 19.1 Å². The van der Waals surface area contributed by atoms with E-state index in [1.165, 1.54) is 24.5 Å². The van der Waals surface area contributed by atoms with Gasteiger partial charge in [-0.15, -0.1) is 11.3 Å². The van der Waals surface area contributed by atoms with Crippen LogP contribution in [0.3, 0.4) is 0 Å². The summed E-state index contributed by atoms with van der Waals surface area (Å²) in [6.45, 7) is 2.18. The van der Waals surface area contributed by atoms with Gasteiger partial charge in [-0.2, -0.15) is 0 Å². The molecule has 6 heteroatoms. The van der Waals surface area contributed by atoms with E-state index in [-0.39, 0.29) is 17.7 Å². The van der Waals surface area contributed by atoms with Gasteiger partial charge in [-0.25, -0.2) is 0 Å². The van der Waals surface area contributed by atoms with Gasteiger partial charge in [-0.05, 0) is 38.0 Å². The van der Waals surface area contributed by atoms with Crippen LogP contribution in [-0.4, -0.2) is 34.3 Å². The van der Waals surface area contributed by atoms with Crippen molar-refractivity contribution in [3.05, 3.63) is 46.0 Å². The number of Topliss-reactive ketones (excluding diaryl/α,β-unsaturated/α-hetero) is 1. The molecule has 1 aliphatic rings. The Morgan fingerprint density at radius 3 is 3.00 bits per heavy atom. The number of aliphatic hydroxyl groups excluding tert-OH is 1. The number of ketones is 1.